The molecule has 0 fully saturated rings. The van der Waals surface area contributed by atoms with Crippen LogP contribution in [0.5, 0.6) is 0 Å². The van der Waals surface area contributed by atoms with Crippen LogP contribution in [0.4, 0.5) is 0 Å². The van der Waals surface area contributed by atoms with Crippen molar-refractivity contribution in [3.8, 4) is 0 Å². The zero-order valence-corrected chi connectivity index (χ0v) is 7.98. The van der Waals surface area contributed by atoms with Crippen molar-refractivity contribution in [2.24, 2.45) is 11.8 Å². The summed E-state index contributed by atoms with van der Waals surface area (Å²) in [7, 11) is 0. The lowest BCUT2D eigenvalue weighted by molar-refractivity contribution is 0.339. The molecule has 0 aromatic carbocycles. The fraction of sp³-hybridized carbons (Fsp3) is 1.00. The summed E-state index contributed by atoms with van der Waals surface area (Å²) in [6, 6.07) is 0. The Morgan fingerprint density at radius 3 is 1.30 bits per heavy atom. The van der Waals surface area contributed by atoms with Gasteiger partial charge in [0.1, 0.15) is 0 Å². The molecule has 0 N–H and O–H groups in total. The Balaban J connectivity index is 3.38. The number of hydrogen-bond acceptors (Lipinski definition) is 0. The Morgan fingerprint density at radius 2 is 1.10 bits per heavy atom. The molecule has 62 valence electrons. The Morgan fingerprint density at radius 1 is 0.800 bits per heavy atom. The van der Waals surface area contributed by atoms with Crippen molar-refractivity contribution in [3.05, 3.63) is 0 Å². The first-order valence-electron chi connectivity index (χ1n) is 4.72. The standard InChI is InChI=1S/C10H22/c1-5-7-9(3)10(4)8-6-2/h9-10H,5-8H2,1-4H3/t9-,10?/m0/s1. The van der Waals surface area contributed by atoms with Crippen molar-refractivity contribution in [2.45, 2.75) is 53.4 Å². The van der Waals surface area contributed by atoms with E-state index in [0.717, 1.165) is 11.8 Å². The largest absolute Gasteiger partial charge is 0.0654 e. The summed E-state index contributed by atoms with van der Waals surface area (Å²) in [6.45, 7) is 9.30. The predicted molar refractivity (Wildman–Crippen MR) is 48.1 cm³/mol. The van der Waals surface area contributed by atoms with Crippen molar-refractivity contribution < 1.29 is 0 Å². The minimum atomic E-state index is 0.935. The zero-order chi connectivity index (χ0) is 7.98. The second kappa shape index (κ2) is 5.76. The molecule has 0 heteroatoms. The third-order valence-electron chi connectivity index (χ3n) is 2.46. The van der Waals surface area contributed by atoms with Gasteiger partial charge in [0.2, 0.25) is 0 Å². The lowest BCUT2D eigenvalue weighted by atomic mass is 9.89. The third-order valence-corrected chi connectivity index (χ3v) is 2.46. The smallest absolute Gasteiger partial charge is 0.0417 e. The molecule has 0 saturated heterocycles. The minimum Gasteiger partial charge on any atom is -0.0654 e. The van der Waals surface area contributed by atoms with Gasteiger partial charge in [-0.2, -0.15) is 0 Å². The van der Waals surface area contributed by atoms with Crippen molar-refractivity contribution in [1.29, 1.82) is 0 Å². The van der Waals surface area contributed by atoms with Gasteiger partial charge >= 0.3 is 0 Å². The van der Waals surface area contributed by atoms with Gasteiger partial charge in [0.25, 0.3) is 0 Å². The highest BCUT2D eigenvalue weighted by Crippen LogP contribution is 2.20. The van der Waals surface area contributed by atoms with Crippen molar-refractivity contribution in [3.63, 3.8) is 0 Å². The van der Waals surface area contributed by atoms with Gasteiger partial charge in [0.15, 0.2) is 0 Å². The van der Waals surface area contributed by atoms with E-state index in [9.17, 15) is 0 Å². The maximum Gasteiger partial charge on any atom is -0.0417 e. The van der Waals surface area contributed by atoms with Crippen LogP contribution >= 0.6 is 0 Å². The highest BCUT2D eigenvalue weighted by Gasteiger charge is 2.08. The van der Waals surface area contributed by atoms with E-state index in [1.54, 1.807) is 0 Å². The van der Waals surface area contributed by atoms with E-state index in [2.05, 4.69) is 27.7 Å². The summed E-state index contributed by atoms with van der Waals surface area (Å²) < 4.78 is 0. The van der Waals surface area contributed by atoms with Crippen LogP contribution in [0.25, 0.3) is 0 Å². The first-order valence-corrected chi connectivity index (χ1v) is 4.72. The Hall–Kier alpha value is 0. The topological polar surface area (TPSA) is 0 Å². The molecule has 0 aliphatic carbocycles. The van der Waals surface area contributed by atoms with Gasteiger partial charge < -0.3 is 0 Å². The lowest BCUT2D eigenvalue weighted by Crippen LogP contribution is -2.06. The van der Waals surface area contributed by atoms with Crippen LogP contribution in [0, 0.1) is 11.8 Å². The Labute approximate surface area is 66.0 Å². The Kier molecular flexibility index (Phi) is 5.76. The van der Waals surface area contributed by atoms with Gasteiger partial charge in [-0.25, -0.2) is 0 Å². The van der Waals surface area contributed by atoms with Crippen LogP contribution in [-0.2, 0) is 0 Å². The summed E-state index contributed by atoms with van der Waals surface area (Å²) >= 11 is 0. The summed E-state index contributed by atoms with van der Waals surface area (Å²) in [4.78, 5) is 0. The molecule has 0 aromatic heterocycles. The lowest BCUT2D eigenvalue weighted by Gasteiger charge is -2.17. The van der Waals surface area contributed by atoms with Crippen molar-refractivity contribution in [1.82, 2.24) is 0 Å². The van der Waals surface area contributed by atoms with Gasteiger partial charge in [-0.15, -0.1) is 0 Å². The molecule has 0 nitrogen and oxygen atoms in total. The van der Waals surface area contributed by atoms with E-state index in [4.69, 9.17) is 0 Å². The molecule has 0 amide bonds. The normalized spacial score (nSPS) is 16.8. The molecule has 2 atom stereocenters. The molecule has 0 spiro atoms. The monoisotopic (exact) mass is 142 g/mol. The fourth-order valence-electron chi connectivity index (χ4n) is 1.48. The van der Waals surface area contributed by atoms with Gasteiger partial charge in [-0.3, -0.25) is 0 Å². The van der Waals surface area contributed by atoms with Gasteiger partial charge in [-0.1, -0.05) is 53.4 Å². The molecule has 0 aromatic rings. The third kappa shape index (κ3) is 3.92. The average molecular weight is 142 g/mol. The first kappa shape index (κ1) is 10.0. The van der Waals surface area contributed by atoms with Crippen LogP contribution in [0.2, 0.25) is 0 Å². The van der Waals surface area contributed by atoms with Crippen LogP contribution in [0.3, 0.4) is 0 Å². The number of hydrogen-bond donors (Lipinski definition) is 0. The first-order chi connectivity index (χ1) is 4.72. The summed E-state index contributed by atoms with van der Waals surface area (Å²) in [5.74, 6) is 1.87. The van der Waals surface area contributed by atoms with Gasteiger partial charge in [0.05, 0.1) is 0 Å². The second-order valence-corrected chi connectivity index (χ2v) is 3.53. The van der Waals surface area contributed by atoms with Crippen LogP contribution < -0.4 is 0 Å². The second-order valence-electron chi connectivity index (χ2n) is 3.53. The molecular formula is C10H22. The van der Waals surface area contributed by atoms with Gasteiger partial charge in [0, 0.05) is 0 Å². The van der Waals surface area contributed by atoms with Crippen LogP contribution in [0.1, 0.15) is 53.4 Å². The molecule has 10 heavy (non-hydrogen) atoms. The Bertz CT molecular complexity index is 56.4. The molecule has 0 rings (SSSR count). The molecule has 1 unspecified atom stereocenters. The van der Waals surface area contributed by atoms with Gasteiger partial charge in [-0.05, 0) is 11.8 Å². The predicted octanol–water partition coefficient (Wildman–Crippen LogP) is 3.86. The molecule has 0 aliphatic rings. The van der Waals surface area contributed by atoms with E-state index >= 15 is 0 Å². The molecular weight excluding hydrogens is 120 g/mol. The summed E-state index contributed by atoms with van der Waals surface area (Å²) in [5, 5.41) is 0. The molecule has 0 radical (unpaired) electrons. The average Bonchev–Trinajstić information content (AvgIpc) is 1.89. The zero-order valence-electron chi connectivity index (χ0n) is 7.98. The molecule has 0 saturated carbocycles. The fourth-order valence-corrected chi connectivity index (χ4v) is 1.48. The quantitative estimate of drug-likeness (QED) is 0.547. The van der Waals surface area contributed by atoms with Crippen LogP contribution in [0.15, 0.2) is 0 Å². The number of rotatable bonds is 5. The van der Waals surface area contributed by atoms with E-state index in [1.165, 1.54) is 25.7 Å². The molecule has 0 bridgehead atoms. The van der Waals surface area contributed by atoms with E-state index < -0.39 is 0 Å². The molecule has 0 aliphatic heterocycles. The summed E-state index contributed by atoms with van der Waals surface area (Å²) in [6.07, 6.45) is 5.49. The maximum atomic E-state index is 2.38. The minimum absolute atomic E-state index is 0.935. The van der Waals surface area contributed by atoms with Crippen molar-refractivity contribution >= 4 is 0 Å². The van der Waals surface area contributed by atoms with Crippen molar-refractivity contribution in [2.75, 3.05) is 0 Å². The highest BCUT2D eigenvalue weighted by atomic mass is 14.1. The molecule has 0 heterocycles. The SMILES string of the molecule is CCCC(C)[C@@H](C)CCC. The van der Waals surface area contributed by atoms with Crippen LogP contribution in [-0.4, -0.2) is 0 Å². The summed E-state index contributed by atoms with van der Waals surface area (Å²) in [5.41, 5.74) is 0. The maximum absolute atomic E-state index is 2.38. The van der Waals surface area contributed by atoms with E-state index in [0.29, 0.717) is 0 Å². The van der Waals surface area contributed by atoms with E-state index in [-0.39, 0.29) is 0 Å². The van der Waals surface area contributed by atoms with E-state index in [1.807, 2.05) is 0 Å². The highest BCUT2D eigenvalue weighted by molar-refractivity contribution is 4.60.